The van der Waals surface area contributed by atoms with Crippen LogP contribution in [0.2, 0.25) is 5.02 Å². The number of rotatable bonds is 4. The van der Waals surface area contributed by atoms with E-state index in [0.717, 1.165) is 0 Å². The molecule has 0 saturated carbocycles. The summed E-state index contributed by atoms with van der Waals surface area (Å²) in [6.07, 6.45) is 0. The Morgan fingerprint density at radius 3 is 2.48 bits per heavy atom. The largest absolute Gasteiger partial charge is 0.425 e. The molecule has 0 aliphatic carbocycles. The van der Waals surface area contributed by atoms with Crippen molar-refractivity contribution < 1.29 is 14.3 Å². The molecule has 2 rings (SSSR count). The van der Waals surface area contributed by atoms with Gasteiger partial charge in [0.15, 0.2) is 0 Å². The minimum Gasteiger partial charge on any atom is -0.425 e. The second kappa shape index (κ2) is 6.90. The smallest absolute Gasteiger partial charge is 0.331 e. The summed E-state index contributed by atoms with van der Waals surface area (Å²) in [6.45, 7) is -0.139. The van der Waals surface area contributed by atoms with Gasteiger partial charge in [-0.1, -0.05) is 35.9 Å². The fourth-order valence-electron chi connectivity index (χ4n) is 1.76. The molecule has 2 aromatic rings. The van der Waals surface area contributed by atoms with Crippen molar-refractivity contribution in [2.75, 3.05) is 13.6 Å². The van der Waals surface area contributed by atoms with Gasteiger partial charge < -0.3 is 9.64 Å². The van der Waals surface area contributed by atoms with Crippen LogP contribution in [-0.2, 0) is 4.79 Å². The molecule has 0 radical (unpaired) electrons. The Morgan fingerprint density at radius 1 is 1.10 bits per heavy atom. The van der Waals surface area contributed by atoms with E-state index >= 15 is 0 Å². The van der Waals surface area contributed by atoms with E-state index in [9.17, 15) is 9.59 Å². The second-order valence-corrected chi connectivity index (χ2v) is 4.90. The van der Waals surface area contributed by atoms with E-state index in [-0.39, 0.29) is 12.5 Å². The summed E-state index contributed by atoms with van der Waals surface area (Å²) in [7, 11) is 1.55. The summed E-state index contributed by atoms with van der Waals surface area (Å²) in [4.78, 5) is 25.2. The molecule has 0 aromatic heterocycles. The molecule has 0 fully saturated rings. The summed E-state index contributed by atoms with van der Waals surface area (Å²) in [6, 6.07) is 15.3. The average molecular weight is 304 g/mol. The first kappa shape index (κ1) is 15.1. The van der Waals surface area contributed by atoms with Gasteiger partial charge in [-0.3, -0.25) is 4.79 Å². The van der Waals surface area contributed by atoms with Gasteiger partial charge >= 0.3 is 5.97 Å². The van der Waals surface area contributed by atoms with E-state index in [1.807, 2.05) is 6.07 Å². The topological polar surface area (TPSA) is 46.6 Å². The molecule has 5 heteroatoms. The summed E-state index contributed by atoms with van der Waals surface area (Å²) >= 11 is 5.81. The van der Waals surface area contributed by atoms with Crippen molar-refractivity contribution in [1.82, 2.24) is 4.90 Å². The summed E-state index contributed by atoms with van der Waals surface area (Å²) < 4.78 is 5.13. The van der Waals surface area contributed by atoms with Gasteiger partial charge in [0.2, 0.25) is 0 Å². The number of ether oxygens (including phenoxy) is 1. The number of amides is 1. The third-order valence-corrected chi connectivity index (χ3v) is 3.00. The van der Waals surface area contributed by atoms with Crippen molar-refractivity contribution in [2.45, 2.75) is 0 Å². The molecule has 0 bridgehead atoms. The first-order chi connectivity index (χ1) is 10.1. The summed E-state index contributed by atoms with van der Waals surface area (Å²) in [5.74, 6) is -0.407. The Bertz CT molecular complexity index is 643. The fourth-order valence-corrected chi connectivity index (χ4v) is 1.94. The highest BCUT2D eigenvalue weighted by Gasteiger charge is 2.16. The highest BCUT2D eigenvalue weighted by molar-refractivity contribution is 6.30. The first-order valence-corrected chi connectivity index (χ1v) is 6.71. The van der Waals surface area contributed by atoms with Crippen LogP contribution in [0.1, 0.15) is 10.4 Å². The van der Waals surface area contributed by atoms with Crippen molar-refractivity contribution in [3.05, 3.63) is 65.2 Å². The maximum absolute atomic E-state index is 12.1. The van der Waals surface area contributed by atoms with E-state index in [1.54, 1.807) is 55.6 Å². The molecule has 0 aliphatic rings. The lowest BCUT2D eigenvalue weighted by Gasteiger charge is -2.16. The van der Waals surface area contributed by atoms with Crippen LogP contribution in [0.25, 0.3) is 0 Å². The predicted octanol–water partition coefficient (Wildman–Crippen LogP) is 3.02. The Labute approximate surface area is 127 Å². The van der Waals surface area contributed by atoms with Crippen molar-refractivity contribution in [3.8, 4) is 5.75 Å². The molecule has 0 spiro atoms. The minimum absolute atomic E-state index is 0.139. The zero-order chi connectivity index (χ0) is 15.2. The molecule has 21 heavy (non-hydrogen) atoms. The lowest BCUT2D eigenvalue weighted by atomic mass is 10.2. The molecule has 0 N–H and O–H groups in total. The summed E-state index contributed by atoms with van der Waals surface area (Å²) in [5.41, 5.74) is 0.524. The number of nitrogens with zero attached hydrogens (tertiary/aromatic N) is 1. The van der Waals surface area contributed by atoms with E-state index in [1.165, 1.54) is 4.90 Å². The number of halogens is 1. The van der Waals surface area contributed by atoms with E-state index in [2.05, 4.69) is 0 Å². The molecular weight excluding hydrogens is 290 g/mol. The van der Waals surface area contributed by atoms with Gasteiger partial charge in [-0.15, -0.1) is 0 Å². The number of hydrogen-bond donors (Lipinski definition) is 0. The number of benzene rings is 2. The number of carbonyl (C=O) groups excluding carboxylic acids is 2. The van der Waals surface area contributed by atoms with Gasteiger partial charge in [0.1, 0.15) is 12.3 Å². The molecule has 0 unspecified atom stereocenters. The van der Waals surface area contributed by atoms with Gasteiger partial charge in [0, 0.05) is 17.6 Å². The fraction of sp³-hybridized carbons (Fsp3) is 0.125. The Kier molecular flexibility index (Phi) is 4.95. The van der Waals surface area contributed by atoms with Gasteiger partial charge in [-0.25, -0.2) is 4.79 Å². The molecule has 0 saturated heterocycles. The van der Waals surface area contributed by atoms with Crippen LogP contribution in [0.15, 0.2) is 54.6 Å². The van der Waals surface area contributed by atoms with Crippen LogP contribution in [0.5, 0.6) is 5.75 Å². The monoisotopic (exact) mass is 303 g/mol. The standard InChI is InChI=1S/C16H14ClNO3/c1-18(16(20)12-6-3-2-4-7-12)11-15(19)21-14-9-5-8-13(17)10-14/h2-10H,11H2,1H3. The third kappa shape index (κ3) is 4.33. The highest BCUT2D eigenvalue weighted by Crippen LogP contribution is 2.17. The molecule has 4 nitrogen and oxygen atoms in total. The molecule has 1 amide bonds. The maximum Gasteiger partial charge on any atom is 0.331 e. The quantitative estimate of drug-likeness (QED) is 0.644. The van der Waals surface area contributed by atoms with E-state index in [4.69, 9.17) is 16.3 Å². The Hall–Kier alpha value is -2.33. The first-order valence-electron chi connectivity index (χ1n) is 6.33. The van der Waals surface area contributed by atoms with Crippen LogP contribution in [0.4, 0.5) is 0 Å². The zero-order valence-electron chi connectivity index (χ0n) is 11.5. The normalized spacial score (nSPS) is 10.0. The van der Waals surface area contributed by atoms with E-state index in [0.29, 0.717) is 16.3 Å². The molecule has 0 aliphatic heterocycles. The summed E-state index contributed by atoms with van der Waals surface area (Å²) in [5, 5.41) is 0.481. The second-order valence-electron chi connectivity index (χ2n) is 4.46. The average Bonchev–Trinajstić information content (AvgIpc) is 2.47. The number of likely N-dealkylation sites (N-methyl/N-ethyl adjacent to an activating group) is 1. The Balaban J connectivity index is 1.95. The number of esters is 1. The van der Waals surface area contributed by atoms with Crippen LogP contribution >= 0.6 is 11.6 Å². The lowest BCUT2D eigenvalue weighted by molar-refractivity contribution is -0.134. The molecule has 2 aromatic carbocycles. The van der Waals surface area contributed by atoms with Gasteiger partial charge in [0.05, 0.1) is 0 Å². The molecule has 108 valence electrons. The van der Waals surface area contributed by atoms with Crippen molar-refractivity contribution in [2.24, 2.45) is 0 Å². The van der Waals surface area contributed by atoms with E-state index < -0.39 is 5.97 Å². The highest BCUT2D eigenvalue weighted by atomic mass is 35.5. The maximum atomic E-state index is 12.1. The SMILES string of the molecule is CN(CC(=O)Oc1cccc(Cl)c1)C(=O)c1ccccc1. The van der Waals surface area contributed by atoms with Crippen LogP contribution < -0.4 is 4.74 Å². The molecule has 0 heterocycles. The predicted molar refractivity (Wildman–Crippen MR) is 80.5 cm³/mol. The van der Waals surface area contributed by atoms with Crippen LogP contribution in [-0.4, -0.2) is 30.4 Å². The van der Waals surface area contributed by atoms with Crippen molar-refractivity contribution in [3.63, 3.8) is 0 Å². The van der Waals surface area contributed by atoms with Gasteiger partial charge in [-0.2, -0.15) is 0 Å². The zero-order valence-corrected chi connectivity index (χ0v) is 12.2. The number of carbonyl (C=O) groups is 2. The third-order valence-electron chi connectivity index (χ3n) is 2.76. The van der Waals surface area contributed by atoms with Crippen LogP contribution in [0, 0.1) is 0 Å². The van der Waals surface area contributed by atoms with Crippen molar-refractivity contribution >= 4 is 23.5 Å². The Morgan fingerprint density at radius 2 is 1.81 bits per heavy atom. The lowest BCUT2D eigenvalue weighted by Crippen LogP contribution is -2.34. The van der Waals surface area contributed by atoms with Crippen LogP contribution in [0.3, 0.4) is 0 Å². The van der Waals surface area contributed by atoms with Gasteiger partial charge in [-0.05, 0) is 30.3 Å². The number of hydrogen-bond acceptors (Lipinski definition) is 3. The van der Waals surface area contributed by atoms with Crippen molar-refractivity contribution in [1.29, 1.82) is 0 Å². The minimum atomic E-state index is -0.524. The van der Waals surface area contributed by atoms with Gasteiger partial charge in [0.25, 0.3) is 5.91 Å². The molecular formula is C16H14ClNO3. The molecule has 0 atom stereocenters.